The van der Waals surface area contributed by atoms with Gasteiger partial charge in [0.1, 0.15) is 12.3 Å². The molecular weight excluding hydrogens is 494 g/mol. The summed E-state index contributed by atoms with van der Waals surface area (Å²) in [6, 6.07) is 6.21. The molecule has 2 aromatic carbocycles. The molecule has 1 heterocycles. The van der Waals surface area contributed by atoms with Crippen LogP contribution in [0.1, 0.15) is 21.6 Å². The van der Waals surface area contributed by atoms with Crippen molar-refractivity contribution in [3.05, 3.63) is 74.9 Å². The van der Waals surface area contributed by atoms with Gasteiger partial charge in [-0.25, -0.2) is 18.6 Å². The lowest BCUT2D eigenvalue weighted by Crippen LogP contribution is -2.13. The maximum Gasteiger partial charge on any atom is 0.416 e. The summed E-state index contributed by atoms with van der Waals surface area (Å²) in [6.07, 6.45) is -4.52. The molecule has 12 heteroatoms. The number of hydrogen-bond acceptors (Lipinski definition) is 5. The van der Waals surface area contributed by atoms with Crippen LogP contribution < -0.4 is 10.5 Å². The minimum Gasteiger partial charge on any atom is -0.492 e. The Labute approximate surface area is 193 Å². The first-order valence-electron chi connectivity index (χ1n) is 8.95. The quantitative estimate of drug-likeness (QED) is 0.324. The van der Waals surface area contributed by atoms with Gasteiger partial charge >= 0.3 is 12.1 Å². The van der Waals surface area contributed by atoms with Crippen molar-refractivity contribution >= 4 is 34.9 Å². The Bertz CT molecular complexity index is 1220. The van der Waals surface area contributed by atoms with E-state index in [0.29, 0.717) is 0 Å². The van der Waals surface area contributed by atoms with Gasteiger partial charge in [-0.1, -0.05) is 35.3 Å². The van der Waals surface area contributed by atoms with Crippen molar-refractivity contribution < 1.29 is 36.2 Å². The van der Waals surface area contributed by atoms with Crippen LogP contribution in [0.5, 0.6) is 5.75 Å². The van der Waals surface area contributed by atoms with Gasteiger partial charge in [0.05, 0.1) is 28.4 Å². The van der Waals surface area contributed by atoms with Gasteiger partial charge in [0.15, 0.2) is 23.1 Å². The fraction of sp³-hybridized carbons (Fsp3) is 0.143. The number of carbonyl (C=O) groups excluding carboxylic acids is 1. The van der Waals surface area contributed by atoms with E-state index in [-0.39, 0.29) is 16.3 Å². The van der Waals surface area contributed by atoms with Crippen LogP contribution >= 0.6 is 23.2 Å². The lowest BCUT2D eigenvalue weighted by atomic mass is 10.1. The molecule has 0 fully saturated rings. The van der Waals surface area contributed by atoms with E-state index in [0.717, 1.165) is 37.4 Å². The first kappa shape index (κ1) is 24.5. The summed E-state index contributed by atoms with van der Waals surface area (Å²) in [4.78, 5) is 16.3. The van der Waals surface area contributed by atoms with Gasteiger partial charge in [-0.05, 0) is 29.8 Å². The minimum absolute atomic E-state index is 0.0859. The van der Waals surface area contributed by atoms with Crippen LogP contribution in [0.15, 0.2) is 36.4 Å². The molecular formula is C21H13Cl2F5N2O3. The second-order valence-electron chi connectivity index (χ2n) is 6.56. The smallest absolute Gasteiger partial charge is 0.416 e. The normalized spacial score (nSPS) is 11.4. The van der Waals surface area contributed by atoms with Gasteiger partial charge < -0.3 is 15.2 Å². The van der Waals surface area contributed by atoms with Crippen LogP contribution in [0.3, 0.4) is 0 Å². The molecule has 174 valence electrons. The summed E-state index contributed by atoms with van der Waals surface area (Å²) < 4.78 is 77.3. The second-order valence-corrected chi connectivity index (χ2v) is 7.35. The van der Waals surface area contributed by atoms with E-state index in [1.54, 1.807) is 0 Å². The Morgan fingerprint density at radius 3 is 2.27 bits per heavy atom. The third-order valence-electron chi connectivity index (χ3n) is 4.47. The predicted molar refractivity (Wildman–Crippen MR) is 111 cm³/mol. The zero-order chi connectivity index (χ0) is 24.5. The summed E-state index contributed by atoms with van der Waals surface area (Å²) in [6.45, 7) is -0.440. The van der Waals surface area contributed by atoms with Crippen molar-refractivity contribution in [1.82, 2.24) is 4.98 Å². The molecule has 0 radical (unpaired) electrons. The largest absolute Gasteiger partial charge is 0.492 e. The molecule has 1 aromatic heterocycles. The highest BCUT2D eigenvalue weighted by Gasteiger charge is 2.30. The highest BCUT2D eigenvalue weighted by atomic mass is 35.5. The van der Waals surface area contributed by atoms with E-state index in [1.165, 1.54) is 6.07 Å². The molecule has 0 saturated heterocycles. The van der Waals surface area contributed by atoms with Gasteiger partial charge in [0.2, 0.25) is 0 Å². The van der Waals surface area contributed by atoms with E-state index in [9.17, 15) is 26.7 Å². The third kappa shape index (κ3) is 4.96. The molecule has 2 N–H and O–H groups in total. The maximum atomic E-state index is 14.8. The SMILES string of the molecule is COc1c(Cl)ccc(-c2nc(C(=O)OCc3ccc(C(F)(F)F)cc3)c(Cl)c(N)c2F)c1F. The van der Waals surface area contributed by atoms with Crippen LogP contribution in [0, 0.1) is 11.6 Å². The maximum absolute atomic E-state index is 14.8. The molecule has 0 amide bonds. The molecule has 5 nitrogen and oxygen atoms in total. The van der Waals surface area contributed by atoms with E-state index in [1.807, 2.05) is 0 Å². The zero-order valence-electron chi connectivity index (χ0n) is 16.6. The van der Waals surface area contributed by atoms with Crippen LogP contribution in [-0.4, -0.2) is 18.1 Å². The molecule has 0 unspecified atom stereocenters. The number of pyridine rings is 1. The number of methoxy groups -OCH3 is 1. The van der Waals surface area contributed by atoms with Crippen LogP contribution in [-0.2, 0) is 17.5 Å². The Morgan fingerprint density at radius 1 is 1.06 bits per heavy atom. The minimum atomic E-state index is -4.52. The number of ether oxygens (including phenoxy) is 2. The second kappa shape index (κ2) is 9.40. The number of aromatic nitrogens is 1. The number of carbonyl (C=O) groups is 1. The first-order valence-corrected chi connectivity index (χ1v) is 9.71. The van der Waals surface area contributed by atoms with Gasteiger partial charge in [-0.3, -0.25) is 0 Å². The number of esters is 1. The Hall–Kier alpha value is -3.11. The summed E-state index contributed by atoms with van der Waals surface area (Å²) in [5.41, 5.74) is 2.63. The van der Waals surface area contributed by atoms with Crippen molar-refractivity contribution in [3.63, 3.8) is 0 Å². The van der Waals surface area contributed by atoms with E-state index < -0.39 is 63.6 Å². The van der Waals surface area contributed by atoms with Gasteiger partial charge in [0, 0.05) is 5.56 Å². The number of halogens is 7. The van der Waals surface area contributed by atoms with Crippen molar-refractivity contribution in [2.24, 2.45) is 0 Å². The first-order chi connectivity index (χ1) is 15.5. The lowest BCUT2D eigenvalue weighted by molar-refractivity contribution is -0.137. The van der Waals surface area contributed by atoms with Crippen molar-refractivity contribution in [2.45, 2.75) is 12.8 Å². The standard InChI is InChI=1S/C21H13Cl2F5N2O3/c1-32-19-12(22)7-6-11(14(19)24)17-15(25)16(29)13(23)18(30-17)20(31)33-8-9-2-4-10(5-3-9)21(26,27)28/h2-7H,8H2,1H3,(H2,29,30). The fourth-order valence-corrected chi connectivity index (χ4v) is 3.21. The average molecular weight is 507 g/mol. The molecule has 0 bridgehead atoms. The molecule has 33 heavy (non-hydrogen) atoms. The Morgan fingerprint density at radius 2 is 1.70 bits per heavy atom. The van der Waals surface area contributed by atoms with Gasteiger partial charge in [-0.2, -0.15) is 13.2 Å². The van der Waals surface area contributed by atoms with Gasteiger partial charge in [-0.15, -0.1) is 0 Å². The molecule has 0 aliphatic heterocycles. The number of nitrogens with zero attached hydrogens (tertiary/aromatic N) is 1. The monoisotopic (exact) mass is 506 g/mol. The summed E-state index contributed by atoms with van der Waals surface area (Å²) in [7, 11) is 1.15. The number of hydrogen-bond donors (Lipinski definition) is 1. The Balaban J connectivity index is 1.93. The van der Waals surface area contributed by atoms with Gasteiger partial charge in [0.25, 0.3) is 0 Å². The van der Waals surface area contributed by atoms with Crippen LogP contribution in [0.25, 0.3) is 11.3 Å². The molecule has 3 rings (SSSR count). The van der Waals surface area contributed by atoms with Crippen molar-refractivity contribution in [1.29, 1.82) is 0 Å². The highest BCUT2D eigenvalue weighted by molar-refractivity contribution is 6.36. The molecule has 3 aromatic rings. The predicted octanol–water partition coefficient (Wildman–Crippen LogP) is 6.30. The number of alkyl halides is 3. The summed E-state index contributed by atoms with van der Waals surface area (Å²) in [5.74, 6) is -3.78. The lowest BCUT2D eigenvalue weighted by Gasteiger charge is -2.14. The topological polar surface area (TPSA) is 74.4 Å². The summed E-state index contributed by atoms with van der Waals surface area (Å²) >= 11 is 11.8. The molecule has 0 aliphatic rings. The van der Waals surface area contributed by atoms with Crippen molar-refractivity contribution in [2.75, 3.05) is 12.8 Å². The van der Waals surface area contributed by atoms with E-state index >= 15 is 0 Å². The number of nitrogens with two attached hydrogens (primary N) is 1. The zero-order valence-corrected chi connectivity index (χ0v) is 18.1. The Kier molecular flexibility index (Phi) is 6.99. The molecule has 0 spiro atoms. The third-order valence-corrected chi connectivity index (χ3v) is 5.15. The number of benzene rings is 2. The molecule has 0 atom stereocenters. The highest BCUT2D eigenvalue weighted by Crippen LogP contribution is 2.38. The van der Waals surface area contributed by atoms with E-state index in [4.69, 9.17) is 38.4 Å². The van der Waals surface area contributed by atoms with Crippen molar-refractivity contribution in [3.8, 4) is 17.0 Å². The number of anilines is 1. The average Bonchev–Trinajstić information content (AvgIpc) is 2.77. The molecule has 0 aliphatic carbocycles. The fourth-order valence-electron chi connectivity index (χ4n) is 2.78. The van der Waals surface area contributed by atoms with Crippen LogP contribution in [0.2, 0.25) is 10.0 Å². The van der Waals surface area contributed by atoms with E-state index in [2.05, 4.69) is 4.98 Å². The number of rotatable bonds is 5. The number of nitrogen functional groups attached to an aromatic ring is 1. The van der Waals surface area contributed by atoms with Crippen LogP contribution in [0.4, 0.5) is 27.6 Å². The summed E-state index contributed by atoms with van der Waals surface area (Å²) in [5, 5.41) is -0.660. The molecule has 0 saturated carbocycles.